The van der Waals surface area contributed by atoms with Gasteiger partial charge in [0, 0.05) is 0 Å². The molecule has 0 aromatic rings. The summed E-state index contributed by atoms with van der Waals surface area (Å²) in [5.41, 5.74) is -1.73. The van der Waals surface area contributed by atoms with Gasteiger partial charge in [0.25, 0.3) is 0 Å². The Balaban J connectivity index is 3.16. The summed E-state index contributed by atoms with van der Waals surface area (Å²) in [5, 5.41) is 32.1. The third-order valence-electron chi connectivity index (χ3n) is 3.49. The van der Waals surface area contributed by atoms with Crippen molar-refractivity contribution in [2.24, 2.45) is 0 Å². The largest absolute Gasteiger partial charge is 0.387 e. The highest BCUT2D eigenvalue weighted by molar-refractivity contribution is 5.03. The van der Waals surface area contributed by atoms with Crippen LogP contribution in [0.1, 0.15) is 62.3 Å². The zero-order chi connectivity index (χ0) is 19.1. The first-order valence-corrected chi connectivity index (χ1v) is 8.59. The van der Waals surface area contributed by atoms with E-state index in [1.54, 1.807) is 0 Å². The maximum absolute atomic E-state index is 10.7. The zero-order valence-electron chi connectivity index (χ0n) is 16.5. The Morgan fingerprint density at radius 2 is 0.625 bits per heavy atom. The molecule has 0 atom stereocenters. The number of rotatable bonds is 3. The molecule has 0 unspecified atom stereocenters. The van der Waals surface area contributed by atoms with Crippen molar-refractivity contribution in [2.75, 3.05) is 0 Å². The molecule has 1 fully saturated rings. The van der Waals surface area contributed by atoms with E-state index in [4.69, 9.17) is 14.2 Å². The van der Waals surface area contributed by atoms with Crippen LogP contribution in [0.3, 0.4) is 0 Å². The highest BCUT2D eigenvalue weighted by Gasteiger charge is 2.53. The van der Waals surface area contributed by atoms with Gasteiger partial charge in [-0.15, -0.1) is 0 Å². The third-order valence-corrected chi connectivity index (χ3v) is 3.49. The van der Waals surface area contributed by atoms with Crippen LogP contribution in [0.5, 0.6) is 0 Å². The maximum atomic E-state index is 10.7. The third kappa shape index (κ3) is 6.24. The van der Waals surface area contributed by atoms with Crippen molar-refractivity contribution in [1.29, 1.82) is 0 Å². The van der Waals surface area contributed by atoms with Crippen molar-refractivity contribution in [3.63, 3.8) is 0 Å². The van der Waals surface area contributed by atoms with Crippen molar-refractivity contribution in [3.8, 4) is 0 Å². The molecule has 3 N–H and O–H groups in total. The highest BCUT2D eigenvalue weighted by Crippen LogP contribution is 2.34. The molecule has 0 radical (unpaired) electrons. The molecule has 24 heavy (non-hydrogen) atoms. The molecule has 1 aliphatic carbocycles. The second-order valence-electron chi connectivity index (χ2n) is 9.56. The zero-order valence-corrected chi connectivity index (χ0v) is 16.5. The average molecular weight is 348 g/mol. The maximum Gasteiger partial charge on any atom is 0.115 e. The first kappa shape index (κ1) is 21.8. The van der Waals surface area contributed by atoms with E-state index in [1.807, 2.05) is 62.3 Å². The molecule has 6 nitrogen and oxygen atoms in total. The monoisotopic (exact) mass is 348 g/mol. The van der Waals surface area contributed by atoms with E-state index in [9.17, 15) is 15.3 Å². The minimum Gasteiger partial charge on any atom is -0.387 e. The Labute approximate surface area is 146 Å². The predicted octanol–water partition coefficient (Wildman–Crippen LogP) is 1.63. The lowest BCUT2D eigenvalue weighted by molar-refractivity contribution is -0.294. The summed E-state index contributed by atoms with van der Waals surface area (Å²) in [6.07, 6.45) is -6.29. The molecule has 144 valence electrons. The second-order valence-corrected chi connectivity index (χ2v) is 9.56. The fourth-order valence-corrected chi connectivity index (χ4v) is 2.81. The molecule has 0 saturated heterocycles. The van der Waals surface area contributed by atoms with Crippen LogP contribution in [0.25, 0.3) is 0 Å². The van der Waals surface area contributed by atoms with Crippen LogP contribution in [-0.2, 0) is 14.2 Å². The summed E-state index contributed by atoms with van der Waals surface area (Å²) in [6, 6.07) is 0. The minimum atomic E-state index is -1.17. The van der Waals surface area contributed by atoms with Gasteiger partial charge in [0.1, 0.15) is 36.6 Å². The second kappa shape index (κ2) is 7.17. The minimum absolute atomic E-state index is 0.576. The molecule has 0 aromatic heterocycles. The Kier molecular flexibility index (Phi) is 6.52. The van der Waals surface area contributed by atoms with Gasteiger partial charge in [-0.25, -0.2) is 0 Å². The van der Waals surface area contributed by atoms with Crippen molar-refractivity contribution in [1.82, 2.24) is 0 Å². The van der Waals surface area contributed by atoms with Crippen LogP contribution in [0.4, 0.5) is 0 Å². The van der Waals surface area contributed by atoms with Crippen molar-refractivity contribution >= 4 is 0 Å². The normalized spacial score (nSPS) is 36.0. The van der Waals surface area contributed by atoms with Gasteiger partial charge in [0.05, 0.1) is 16.8 Å². The lowest BCUT2D eigenvalue weighted by Gasteiger charge is -2.49. The van der Waals surface area contributed by atoms with Gasteiger partial charge in [0.15, 0.2) is 0 Å². The van der Waals surface area contributed by atoms with Gasteiger partial charge in [-0.2, -0.15) is 0 Å². The number of hydrogen-bond donors (Lipinski definition) is 3. The van der Waals surface area contributed by atoms with Gasteiger partial charge >= 0.3 is 0 Å². The fourth-order valence-electron chi connectivity index (χ4n) is 2.81. The summed E-state index contributed by atoms with van der Waals surface area (Å²) >= 11 is 0. The van der Waals surface area contributed by atoms with Crippen LogP contribution in [0.15, 0.2) is 0 Å². The highest BCUT2D eigenvalue weighted by atomic mass is 16.6. The standard InChI is InChI=1S/C18H36O6/c1-16(2,3)22-13-10(19)14(23-17(4,5)6)12(21)15(11(13)20)24-18(7,8)9/h10-15,19-21H,1-9H3. The van der Waals surface area contributed by atoms with Crippen LogP contribution in [0, 0.1) is 0 Å². The van der Waals surface area contributed by atoms with Crippen LogP contribution in [0.2, 0.25) is 0 Å². The summed E-state index contributed by atoms with van der Waals surface area (Å²) in [7, 11) is 0. The van der Waals surface area contributed by atoms with Crippen molar-refractivity contribution in [2.45, 2.75) is 116 Å². The molecule has 0 bridgehead atoms. The molecule has 1 saturated carbocycles. The number of aliphatic hydroxyl groups is 3. The lowest BCUT2D eigenvalue weighted by atomic mass is 9.83. The first-order chi connectivity index (χ1) is 10.5. The Hall–Kier alpha value is -0.240. The fraction of sp³-hybridized carbons (Fsp3) is 1.00. The van der Waals surface area contributed by atoms with E-state index in [2.05, 4.69) is 0 Å². The Morgan fingerprint density at radius 3 is 0.750 bits per heavy atom. The van der Waals surface area contributed by atoms with Crippen molar-refractivity contribution in [3.05, 3.63) is 0 Å². The molecule has 0 aliphatic heterocycles. The Morgan fingerprint density at radius 1 is 0.458 bits per heavy atom. The molecule has 0 aromatic carbocycles. The van der Waals surface area contributed by atoms with Crippen molar-refractivity contribution < 1.29 is 29.5 Å². The molecule has 1 aliphatic rings. The molecule has 0 spiro atoms. The van der Waals surface area contributed by atoms with E-state index in [0.717, 1.165) is 0 Å². The number of aliphatic hydroxyl groups excluding tert-OH is 3. The van der Waals surface area contributed by atoms with Gasteiger partial charge in [-0.1, -0.05) is 0 Å². The van der Waals surface area contributed by atoms with Gasteiger partial charge in [-0.05, 0) is 62.3 Å². The first-order valence-electron chi connectivity index (χ1n) is 8.59. The number of hydrogen-bond acceptors (Lipinski definition) is 6. The molecule has 0 heterocycles. The molecular weight excluding hydrogens is 312 g/mol. The summed E-state index contributed by atoms with van der Waals surface area (Å²) < 4.78 is 17.6. The van der Waals surface area contributed by atoms with Gasteiger partial charge in [-0.3, -0.25) is 0 Å². The van der Waals surface area contributed by atoms with E-state index < -0.39 is 53.4 Å². The van der Waals surface area contributed by atoms with Crippen LogP contribution < -0.4 is 0 Å². The topological polar surface area (TPSA) is 88.4 Å². The summed E-state index contributed by atoms with van der Waals surface area (Å²) in [4.78, 5) is 0. The smallest absolute Gasteiger partial charge is 0.115 e. The average Bonchev–Trinajstić information content (AvgIpc) is 2.32. The summed E-state index contributed by atoms with van der Waals surface area (Å²) in [6.45, 7) is 16.6. The number of ether oxygens (including phenoxy) is 3. The van der Waals surface area contributed by atoms with Crippen LogP contribution >= 0.6 is 0 Å². The van der Waals surface area contributed by atoms with E-state index in [0.29, 0.717) is 0 Å². The quantitative estimate of drug-likeness (QED) is 0.718. The predicted molar refractivity (Wildman–Crippen MR) is 91.9 cm³/mol. The molecule has 0 amide bonds. The molecule has 1 rings (SSSR count). The lowest BCUT2D eigenvalue weighted by Crippen LogP contribution is -2.68. The SMILES string of the molecule is CC(C)(C)OC1C(O)C(OC(C)(C)C)C(O)C(OC(C)(C)C)C1O. The van der Waals surface area contributed by atoms with Gasteiger partial charge < -0.3 is 29.5 Å². The van der Waals surface area contributed by atoms with Gasteiger partial charge in [0.2, 0.25) is 0 Å². The van der Waals surface area contributed by atoms with Crippen LogP contribution in [-0.4, -0.2) is 68.7 Å². The molecular formula is C18H36O6. The molecule has 6 heteroatoms. The summed E-state index contributed by atoms with van der Waals surface area (Å²) in [5.74, 6) is 0. The van der Waals surface area contributed by atoms with E-state index in [-0.39, 0.29) is 0 Å². The van der Waals surface area contributed by atoms with E-state index in [1.165, 1.54) is 0 Å². The Bertz CT molecular complexity index is 329. The van der Waals surface area contributed by atoms with E-state index >= 15 is 0 Å².